The minimum atomic E-state index is 0.0521. The topological polar surface area (TPSA) is 0 Å². The van der Waals surface area contributed by atoms with E-state index in [9.17, 15) is 0 Å². The minimum absolute atomic E-state index is 0.0521. The van der Waals surface area contributed by atoms with Crippen LogP contribution in [0.3, 0.4) is 0 Å². The van der Waals surface area contributed by atoms with Crippen molar-refractivity contribution < 1.29 is 0 Å². The molecule has 0 saturated carbocycles. The van der Waals surface area contributed by atoms with Gasteiger partial charge in [-0.1, -0.05) is 98.9 Å². The largest absolute Gasteiger partial charge is 0.0951 e. The zero-order valence-corrected chi connectivity index (χ0v) is 21.6. The average Bonchev–Trinajstić information content (AvgIpc) is 2.53. The summed E-state index contributed by atoms with van der Waals surface area (Å²) in [5.74, 6) is 0. The number of hydrogen-bond donors (Lipinski definition) is 0. The number of hydrogen-bond acceptors (Lipinski definition) is 0. The van der Waals surface area contributed by atoms with Crippen LogP contribution in [-0.2, 0) is 0 Å². The zero-order chi connectivity index (χ0) is 20.1. The molecule has 0 aliphatic rings. The first kappa shape index (κ1) is 25.9. The van der Waals surface area contributed by atoms with Crippen LogP contribution in [0, 0.1) is 0 Å². The highest BCUT2D eigenvalue weighted by atomic mass is 31.1. The van der Waals surface area contributed by atoms with Gasteiger partial charge in [0.05, 0.1) is 0 Å². The van der Waals surface area contributed by atoms with Crippen LogP contribution in [0.5, 0.6) is 0 Å². The molecule has 0 heterocycles. The van der Waals surface area contributed by atoms with Gasteiger partial charge in [0, 0.05) is 0 Å². The molecule has 0 atom stereocenters. The Morgan fingerprint density at radius 3 is 0.800 bits per heavy atom. The maximum absolute atomic E-state index is 2.53. The lowest BCUT2D eigenvalue weighted by atomic mass is 10.1. The van der Waals surface area contributed by atoms with E-state index in [0.29, 0.717) is 20.6 Å². The molecule has 0 aromatic heterocycles. The molecule has 0 radical (unpaired) electrons. The third-order valence-corrected chi connectivity index (χ3v) is 15.8. The molecule has 0 N–H and O–H groups in total. The first-order valence-electron chi connectivity index (χ1n) is 10.8. The van der Waals surface area contributed by atoms with Crippen LogP contribution in [-0.4, -0.2) is 32.9 Å². The van der Waals surface area contributed by atoms with Gasteiger partial charge in [-0.3, -0.25) is 0 Å². The second kappa shape index (κ2) is 9.87. The normalized spacial score (nSPS) is 14.6. The maximum atomic E-state index is 2.53. The monoisotopic (exact) mass is 388 g/mol. The van der Waals surface area contributed by atoms with Crippen molar-refractivity contribution in [3.63, 3.8) is 0 Å². The number of rotatable bonds is 12. The molecule has 25 heavy (non-hydrogen) atoms. The van der Waals surface area contributed by atoms with E-state index in [1.54, 1.807) is 0 Å². The first-order chi connectivity index (χ1) is 11.2. The molecular formula is C23H50P2. The van der Waals surface area contributed by atoms with Gasteiger partial charge in [-0.2, -0.15) is 0 Å². The van der Waals surface area contributed by atoms with Crippen molar-refractivity contribution >= 4 is 15.8 Å². The van der Waals surface area contributed by atoms with E-state index >= 15 is 0 Å². The molecule has 0 aliphatic heterocycles. The van der Waals surface area contributed by atoms with Gasteiger partial charge in [-0.15, -0.1) is 0 Å². The van der Waals surface area contributed by atoms with E-state index in [-0.39, 0.29) is 15.8 Å². The van der Waals surface area contributed by atoms with Gasteiger partial charge in [0.15, 0.2) is 0 Å². The van der Waals surface area contributed by atoms with E-state index < -0.39 is 0 Å². The summed E-state index contributed by atoms with van der Waals surface area (Å²) >= 11 is 0. The molecule has 0 spiro atoms. The van der Waals surface area contributed by atoms with Gasteiger partial charge in [0.1, 0.15) is 0 Å². The Labute approximate surface area is 164 Å². The van der Waals surface area contributed by atoms with E-state index in [4.69, 9.17) is 0 Å². The highest BCUT2D eigenvalue weighted by molar-refractivity contribution is 7.62. The minimum Gasteiger partial charge on any atom is -0.0951 e. The molecule has 2 heteroatoms. The summed E-state index contributed by atoms with van der Waals surface area (Å²) in [7, 11) is 0.104. The summed E-state index contributed by atoms with van der Waals surface area (Å²) in [4.78, 5) is 0. The molecule has 0 aromatic carbocycles. The van der Waals surface area contributed by atoms with Crippen LogP contribution >= 0.6 is 15.8 Å². The van der Waals surface area contributed by atoms with Crippen molar-refractivity contribution in [3.8, 4) is 0 Å². The molecule has 0 bridgehead atoms. The summed E-state index contributed by atoms with van der Waals surface area (Å²) in [6.45, 7) is 29.8. The molecule has 0 fully saturated rings. The predicted octanol–water partition coefficient (Wildman–Crippen LogP) is 9.09. The molecule has 0 amide bonds. The molecule has 152 valence electrons. The van der Waals surface area contributed by atoms with Gasteiger partial charge in [0.2, 0.25) is 0 Å². The zero-order valence-electron chi connectivity index (χ0n) is 19.8. The second-order valence-corrected chi connectivity index (χ2v) is 17.8. The molecule has 0 unspecified atom stereocenters. The Morgan fingerprint density at radius 1 is 0.440 bits per heavy atom. The van der Waals surface area contributed by atoms with Crippen molar-refractivity contribution in [1.82, 2.24) is 0 Å². The van der Waals surface area contributed by atoms with Crippen LogP contribution in [0.25, 0.3) is 0 Å². The second-order valence-electron chi connectivity index (χ2n) is 10.3. The van der Waals surface area contributed by atoms with Crippen molar-refractivity contribution in [1.29, 1.82) is 0 Å². The van der Waals surface area contributed by atoms with E-state index in [2.05, 4.69) is 83.1 Å². The lowest BCUT2D eigenvalue weighted by Crippen LogP contribution is -2.32. The molecule has 0 nitrogen and oxygen atoms in total. The predicted molar refractivity (Wildman–Crippen MR) is 126 cm³/mol. The Hall–Kier alpha value is 0.860. The van der Waals surface area contributed by atoms with Gasteiger partial charge >= 0.3 is 0 Å². The molecule has 0 rings (SSSR count). The summed E-state index contributed by atoms with van der Waals surface area (Å²) in [6, 6.07) is 0. The van der Waals surface area contributed by atoms with Gasteiger partial charge in [-0.25, -0.2) is 0 Å². The van der Waals surface area contributed by atoms with E-state index in [1.807, 2.05) is 0 Å². The fraction of sp³-hybridized carbons (Fsp3) is 1.00. The van der Waals surface area contributed by atoms with Crippen LogP contribution in [0.2, 0.25) is 0 Å². The molecular weight excluding hydrogens is 338 g/mol. The summed E-state index contributed by atoms with van der Waals surface area (Å²) in [5.41, 5.74) is 0. The highest BCUT2D eigenvalue weighted by Crippen LogP contribution is 2.65. The summed E-state index contributed by atoms with van der Waals surface area (Å²) in [5, 5.41) is 2.05. The van der Waals surface area contributed by atoms with Gasteiger partial charge in [-0.05, 0) is 65.1 Å². The average molecular weight is 389 g/mol. The smallest absolute Gasteiger partial charge is 0.0149 e. The van der Waals surface area contributed by atoms with Crippen molar-refractivity contribution in [2.45, 2.75) is 136 Å². The fourth-order valence-electron chi connectivity index (χ4n) is 4.00. The van der Waals surface area contributed by atoms with Crippen LogP contribution < -0.4 is 0 Å². The Bertz CT molecular complexity index is 312. The lowest BCUT2D eigenvalue weighted by Gasteiger charge is -2.47. The summed E-state index contributed by atoms with van der Waals surface area (Å²) in [6.07, 6.45) is 9.65. The van der Waals surface area contributed by atoms with Crippen LogP contribution in [0.15, 0.2) is 0 Å². The Balaban J connectivity index is 5.28. The maximum Gasteiger partial charge on any atom is -0.0149 e. The third kappa shape index (κ3) is 7.07. The quantitative estimate of drug-likeness (QED) is 0.292. The third-order valence-electron chi connectivity index (χ3n) is 7.15. The van der Waals surface area contributed by atoms with Crippen molar-refractivity contribution in [2.75, 3.05) is 12.3 Å². The first-order valence-corrected chi connectivity index (χ1v) is 13.8. The van der Waals surface area contributed by atoms with E-state index in [1.165, 1.54) is 44.4 Å². The molecule has 0 saturated heterocycles. The van der Waals surface area contributed by atoms with Crippen LogP contribution in [0.1, 0.15) is 115 Å². The lowest BCUT2D eigenvalue weighted by molar-refractivity contribution is 0.595. The van der Waals surface area contributed by atoms with Crippen molar-refractivity contribution in [2.24, 2.45) is 0 Å². The van der Waals surface area contributed by atoms with E-state index in [0.717, 1.165) is 0 Å². The SMILES string of the molecule is CCC(C)(C)P(CCCP(C(C)(C)CC)C(C)(C)CC)C(C)(C)CC. The van der Waals surface area contributed by atoms with Crippen molar-refractivity contribution in [3.05, 3.63) is 0 Å². The fourth-order valence-corrected chi connectivity index (χ4v) is 12.4. The standard InChI is InChI=1S/C23H50P2/c1-13-20(5,6)24(21(7,8)14-2)18-17-19-25(22(9,10)15-3)23(11,12)16-4/h13-19H2,1-12H3. The molecule has 0 aliphatic carbocycles. The Kier molecular flexibility index (Phi) is 10.2. The van der Waals surface area contributed by atoms with Crippen LogP contribution in [0.4, 0.5) is 0 Å². The van der Waals surface area contributed by atoms with Gasteiger partial charge in [0.25, 0.3) is 0 Å². The Morgan fingerprint density at radius 2 is 0.640 bits per heavy atom. The van der Waals surface area contributed by atoms with Gasteiger partial charge < -0.3 is 0 Å². The molecule has 0 aromatic rings. The summed E-state index contributed by atoms with van der Waals surface area (Å²) < 4.78 is 0. The highest BCUT2D eigenvalue weighted by Gasteiger charge is 2.40.